The van der Waals surface area contributed by atoms with E-state index in [0.29, 0.717) is 10.6 Å². The summed E-state index contributed by atoms with van der Waals surface area (Å²) >= 11 is 5.25. The molecule has 0 aliphatic carbocycles. The molecule has 0 atom stereocenters. The highest BCUT2D eigenvalue weighted by Crippen LogP contribution is 2.17. The van der Waals surface area contributed by atoms with Crippen LogP contribution in [-0.2, 0) is 0 Å². The van der Waals surface area contributed by atoms with Crippen molar-refractivity contribution in [1.82, 2.24) is 14.9 Å². The molecule has 0 saturated heterocycles. The third-order valence-corrected chi connectivity index (χ3v) is 3.58. The molecule has 1 heterocycles. The van der Waals surface area contributed by atoms with Crippen LogP contribution in [0.1, 0.15) is 11.1 Å². The van der Waals surface area contributed by atoms with Gasteiger partial charge in [0.05, 0.1) is 0 Å². The lowest BCUT2D eigenvalue weighted by molar-refractivity contribution is 0.872. The normalized spacial score (nSPS) is 11.5. The molecule has 0 unspecified atom stereocenters. The van der Waals surface area contributed by atoms with Crippen LogP contribution in [0.15, 0.2) is 65.8 Å². The summed E-state index contributed by atoms with van der Waals surface area (Å²) < 4.78 is 2.08. The second kappa shape index (κ2) is 6.98. The first-order valence-corrected chi connectivity index (χ1v) is 7.65. The smallest absolute Gasteiger partial charge is 0.216 e. The van der Waals surface area contributed by atoms with E-state index in [1.807, 2.05) is 73.7 Å². The number of allylic oxidation sites excluding steroid dienone is 1. The Morgan fingerprint density at radius 2 is 1.83 bits per heavy atom. The summed E-state index contributed by atoms with van der Waals surface area (Å²) in [5, 5.41) is 11.4. The van der Waals surface area contributed by atoms with Crippen molar-refractivity contribution >= 4 is 24.5 Å². The molecule has 114 valence electrons. The van der Waals surface area contributed by atoms with Gasteiger partial charge < -0.3 is 0 Å². The van der Waals surface area contributed by atoms with E-state index < -0.39 is 0 Å². The van der Waals surface area contributed by atoms with Crippen molar-refractivity contribution in [2.24, 2.45) is 5.10 Å². The molecular weight excluding hydrogens is 304 g/mol. The zero-order chi connectivity index (χ0) is 16.1. The predicted molar refractivity (Wildman–Crippen MR) is 97.0 cm³/mol. The molecule has 0 bridgehead atoms. The van der Waals surface area contributed by atoms with Crippen molar-refractivity contribution in [1.29, 1.82) is 0 Å². The fourth-order valence-corrected chi connectivity index (χ4v) is 2.29. The number of rotatable bonds is 4. The van der Waals surface area contributed by atoms with Crippen LogP contribution >= 0.6 is 12.2 Å². The summed E-state index contributed by atoms with van der Waals surface area (Å²) in [4.78, 5) is 0. The number of aryl methyl sites for hydroxylation is 1. The third-order valence-electron chi connectivity index (χ3n) is 3.32. The molecule has 0 spiro atoms. The molecule has 4 nitrogen and oxygen atoms in total. The first-order valence-electron chi connectivity index (χ1n) is 7.24. The summed E-state index contributed by atoms with van der Waals surface area (Å²) in [6, 6.07) is 18.1. The van der Waals surface area contributed by atoms with Crippen molar-refractivity contribution in [2.45, 2.75) is 6.92 Å². The largest absolute Gasteiger partial charge is 0.250 e. The number of aromatic nitrogens is 3. The molecule has 3 rings (SSSR count). The molecular formula is C18H16N4S. The summed E-state index contributed by atoms with van der Waals surface area (Å²) in [5.41, 5.74) is 3.28. The van der Waals surface area contributed by atoms with Gasteiger partial charge in [0.15, 0.2) is 5.82 Å². The van der Waals surface area contributed by atoms with Gasteiger partial charge in [-0.2, -0.15) is 14.9 Å². The molecule has 1 aromatic heterocycles. The Bertz CT molecular complexity index is 887. The summed E-state index contributed by atoms with van der Waals surface area (Å²) in [6.45, 7) is 2.05. The maximum atomic E-state index is 5.25. The zero-order valence-corrected chi connectivity index (χ0v) is 13.5. The molecule has 0 aliphatic rings. The first kappa shape index (κ1) is 15.1. The number of nitrogens with one attached hydrogen (secondary N) is 1. The van der Waals surface area contributed by atoms with Crippen LogP contribution in [0.25, 0.3) is 17.5 Å². The summed E-state index contributed by atoms with van der Waals surface area (Å²) in [5.74, 6) is 0.694. The van der Waals surface area contributed by atoms with E-state index in [2.05, 4.69) is 15.3 Å². The topological polar surface area (TPSA) is 46.0 Å². The van der Waals surface area contributed by atoms with Gasteiger partial charge in [0.1, 0.15) is 0 Å². The van der Waals surface area contributed by atoms with Crippen LogP contribution in [0.4, 0.5) is 0 Å². The van der Waals surface area contributed by atoms with Crippen molar-refractivity contribution < 1.29 is 0 Å². The Labute approximate surface area is 139 Å². The Kier molecular flexibility index (Phi) is 4.59. The monoisotopic (exact) mass is 320 g/mol. The first-order chi connectivity index (χ1) is 11.2. The number of hydrogen-bond acceptors (Lipinski definition) is 3. The van der Waals surface area contributed by atoms with Crippen LogP contribution < -0.4 is 0 Å². The van der Waals surface area contributed by atoms with Gasteiger partial charge in [0, 0.05) is 11.8 Å². The maximum Gasteiger partial charge on any atom is 0.216 e. The van der Waals surface area contributed by atoms with Crippen LogP contribution in [-0.4, -0.2) is 21.1 Å². The molecule has 0 amide bonds. The predicted octanol–water partition coefficient (Wildman–Crippen LogP) is 4.46. The van der Waals surface area contributed by atoms with Gasteiger partial charge in [-0.1, -0.05) is 66.2 Å². The lowest BCUT2D eigenvalue weighted by Crippen LogP contribution is -1.93. The lowest BCUT2D eigenvalue weighted by Gasteiger charge is -2.00. The van der Waals surface area contributed by atoms with E-state index in [-0.39, 0.29) is 0 Å². The third kappa shape index (κ3) is 3.70. The number of hydrogen-bond donors (Lipinski definition) is 1. The van der Waals surface area contributed by atoms with E-state index in [4.69, 9.17) is 12.2 Å². The van der Waals surface area contributed by atoms with Crippen LogP contribution in [0.3, 0.4) is 0 Å². The standard InChI is InChI=1S/C18H16N4S/c1-14-9-11-16(12-10-14)17-20-21-18(23)22(17)19-13-5-8-15-6-3-2-4-7-15/h2-13H,1H3,(H,21,23). The van der Waals surface area contributed by atoms with Crippen molar-refractivity contribution in [2.75, 3.05) is 0 Å². The van der Waals surface area contributed by atoms with Crippen molar-refractivity contribution in [3.8, 4) is 11.4 Å². The van der Waals surface area contributed by atoms with Gasteiger partial charge in [0.2, 0.25) is 4.77 Å². The molecule has 2 aromatic carbocycles. The van der Waals surface area contributed by atoms with Gasteiger partial charge in [-0.25, -0.2) is 5.10 Å². The van der Waals surface area contributed by atoms with E-state index in [1.165, 1.54) is 5.56 Å². The van der Waals surface area contributed by atoms with Crippen molar-refractivity contribution in [3.63, 3.8) is 0 Å². The minimum Gasteiger partial charge on any atom is -0.250 e. The number of aromatic amines is 1. The molecule has 0 fully saturated rings. The maximum absolute atomic E-state index is 5.25. The van der Waals surface area contributed by atoms with Crippen LogP contribution in [0, 0.1) is 11.7 Å². The minimum atomic E-state index is 0.463. The van der Waals surface area contributed by atoms with Gasteiger partial charge in [-0.3, -0.25) is 0 Å². The van der Waals surface area contributed by atoms with E-state index >= 15 is 0 Å². The number of H-pyrrole nitrogens is 1. The fraction of sp³-hybridized carbons (Fsp3) is 0.0556. The average Bonchev–Trinajstić information content (AvgIpc) is 2.94. The Morgan fingerprint density at radius 3 is 2.57 bits per heavy atom. The molecule has 3 aromatic rings. The summed E-state index contributed by atoms with van der Waals surface area (Å²) in [6.07, 6.45) is 5.57. The molecule has 0 radical (unpaired) electrons. The Hall–Kier alpha value is -2.79. The molecule has 0 saturated carbocycles. The molecule has 5 heteroatoms. The number of benzene rings is 2. The average molecular weight is 320 g/mol. The van der Waals surface area contributed by atoms with Crippen LogP contribution in [0.2, 0.25) is 0 Å². The molecule has 1 N–H and O–H groups in total. The van der Waals surface area contributed by atoms with Gasteiger partial charge in [0.25, 0.3) is 0 Å². The van der Waals surface area contributed by atoms with Gasteiger partial charge in [-0.05, 0) is 30.8 Å². The van der Waals surface area contributed by atoms with E-state index in [9.17, 15) is 0 Å². The van der Waals surface area contributed by atoms with Gasteiger partial charge >= 0.3 is 0 Å². The van der Waals surface area contributed by atoms with E-state index in [0.717, 1.165) is 11.1 Å². The SMILES string of the molecule is Cc1ccc(-c2n[nH]c(=S)n2N=CC=Cc2ccccc2)cc1. The highest BCUT2D eigenvalue weighted by atomic mass is 32.1. The highest BCUT2D eigenvalue weighted by molar-refractivity contribution is 7.71. The molecule has 0 aliphatic heterocycles. The fourth-order valence-electron chi connectivity index (χ4n) is 2.11. The van der Waals surface area contributed by atoms with Gasteiger partial charge in [-0.15, -0.1) is 0 Å². The van der Waals surface area contributed by atoms with E-state index in [1.54, 1.807) is 10.9 Å². The molecule has 23 heavy (non-hydrogen) atoms. The Balaban J connectivity index is 1.84. The summed E-state index contributed by atoms with van der Waals surface area (Å²) in [7, 11) is 0. The Morgan fingerprint density at radius 1 is 1.09 bits per heavy atom. The number of nitrogens with zero attached hydrogens (tertiary/aromatic N) is 3. The highest BCUT2D eigenvalue weighted by Gasteiger charge is 2.07. The lowest BCUT2D eigenvalue weighted by atomic mass is 10.1. The van der Waals surface area contributed by atoms with Crippen LogP contribution in [0.5, 0.6) is 0 Å². The quantitative estimate of drug-likeness (QED) is 0.570. The second-order valence-electron chi connectivity index (χ2n) is 5.06. The minimum absolute atomic E-state index is 0.463. The zero-order valence-electron chi connectivity index (χ0n) is 12.7. The van der Waals surface area contributed by atoms with Crippen molar-refractivity contribution in [3.05, 3.63) is 76.6 Å². The second-order valence-corrected chi connectivity index (χ2v) is 5.45.